The second kappa shape index (κ2) is 6.44. The van der Waals surface area contributed by atoms with E-state index in [4.69, 9.17) is 0 Å². The highest BCUT2D eigenvalue weighted by atomic mass is 19.4. The van der Waals surface area contributed by atoms with Gasteiger partial charge in [0.25, 0.3) is 0 Å². The minimum atomic E-state index is -4.61. The molecule has 3 saturated heterocycles. The number of benzene rings is 2. The second-order valence-electron chi connectivity index (χ2n) is 9.24. The Hall–Kier alpha value is -3.20. The molecule has 3 fully saturated rings. The highest BCUT2D eigenvalue weighted by molar-refractivity contribution is 6.25. The zero-order valence-corrected chi connectivity index (χ0v) is 17.6. The van der Waals surface area contributed by atoms with E-state index in [1.54, 1.807) is 6.07 Å². The number of imide groups is 1. The van der Waals surface area contributed by atoms with E-state index in [0.29, 0.717) is 24.2 Å². The topological polar surface area (TPSA) is 69.7 Å². The molecule has 4 heterocycles. The largest absolute Gasteiger partial charge is 0.416 e. The fourth-order valence-corrected chi connectivity index (χ4v) is 6.39. The first-order valence-electron chi connectivity index (χ1n) is 10.9. The number of anilines is 2. The third kappa shape index (κ3) is 2.45. The van der Waals surface area contributed by atoms with Crippen molar-refractivity contribution in [3.63, 3.8) is 0 Å². The van der Waals surface area contributed by atoms with Gasteiger partial charge in [-0.25, -0.2) is 4.90 Å². The van der Waals surface area contributed by atoms with Gasteiger partial charge >= 0.3 is 6.18 Å². The number of hydrogen-bond acceptors (Lipinski definition) is 4. The highest BCUT2D eigenvalue weighted by Crippen LogP contribution is 2.60. The Morgan fingerprint density at radius 3 is 2.61 bits per heavy atom. The summed E-state index contributed by atoms with van der Waals surface area (Å²) in [7, 11) is 0. The maximum atomic E-state index is 13.8. The summed E-state index contributed by atoms with van der Waals surface area (Å²) in [6, 6.07) is 9.45. The molecule has 4 aliphatic heterocycles. The van der Waals surface area contributed by atoms with E-state index < -0.39 is 40.9 Å². The number of carbonyl (C=O) groups excluding carboxylic acids is 3. The standard InChI is InChI=1S/C24H20F3N3O3/c1-12-7-8-16-15(10-12)23(22(33)28-16)19-18(17-6-3-9-29(17)23)20(31)30(21(19)32)14-5-2-4-13(11-14)24(25,26)27/h2,4-5,7-8,10-11,17-19H,3,6,9H2,1H3,(H,28,33)/t17-,18-,19+,23+/m1/s1. The summed E-state index contributed by atoms with van der Waals surface area (Å²) in [5.74, 6) is -3.29. The number of rotatable bonds is 1. The first kappa shape index (κ1) is 20.4. The Morgan fingerprint density at radius 2 is 1.85 bits per heavy atom. The monoisotopic (exact) mass is 455 g/mol. The molecule has 9 heteroatoms. The van der Waals surface area contributed by atoms with E-state index in [0.717, 1.165) is 29.0 Å². The lowest BCUT2D eigenvalue weighted by Crippen LogP contribution is -2.54. The van der Waals surface area contributed by atoms with Gasteiger partial charge < -0.3 is 5.32 Å². The molecule has 1 N–H and O–H groups in total. The number of carbonyl (C=O) groups is 3. The van der Waals surface area contributed by atoms with Crippen molar-refractivity contribution in [2.45, 2.75) is 37.5 Å². The summed E-state index contributed by atoms with van der Waals surface area (Å²) in [6.45, 7) is 2.46. The number of aryl methyl sites for hydroxylation is 1. The molecule has 3 amide bonds. The Morgan fingerprint density at radius 1 is 1.06 bits per heavy atom. The van der Waals surface area contributed by atoms with E-state index in [-0.39, 0.29) is 17.6 Å². The molecule has 0 aliphatic carbocycles. The number of amides is 3. The number of nitrogens with one attached hydrogen (secondary N) is 1. The summed E-state index contributed by atoms with van der Waals surface area (Å²) < 4.78 is 39.9. The molecular formula is C24H20F3N3O3. The quantitative estimate of drug-likeness (QED) is 0.669. The van der Waals surface area contributed by atoms with Gasteiger partial charge in [-0.3, -0.25) is 19.3 Å². The molecule has 0 bridgehead atoms. The molecule has 0 unspecified atom stereocenters. The van der Waals surface area contributed by atoms with Crippen LogP contribution in [0, 0.1) is 18.8 Å². The summed E-state index contributed by atoms with van der Waals surface area (Å²) >= 11 is 0. The van der Waals surface area contributed by atoms with Crippen LogP contribution in [0.25, 0.3) is 0 Å². The SMILES string of the molecule is Cc1ccc2c(c1)[C@@]1(C(=O)N2)[C@@H]2C(=O)N(c3cccc(C(F)(F)F)c3)C(=O)[C@@H]2[C@H]2CCCN21. The van der Waals surface area contributed by atoms with Crippen LogP contribution < -0.4 is 10.2 Å². The first-order valence-corrected chi connectivity index (χ1v) is 10.9. The van der Waals surface area contributed by atoms with Crippen LogP contribution in [0.5, 0.6) is 0 Å². The van der Waals surface area contributed by atoms with E-state index >= 15 is 0 Å². The molecule has 0 aromatic heterocycles. The first-order chi connectivity index (χ1) is 15.7. The zero-order valence-electron chi connectivity index (χ0n) is 17.6. The molecule has 0 radical (unpaired) electrons. The molecule has 6 nitrogen and oxygen atoms in total. The van der Waals surface area contributed by atoms with E-state index in [1.165, 1.54) is 12.1 Å². The number of hydrogen-bond donors (Lipinski definition) is 1. The molecule has 2 aromatic carbocycles. The van der Waals surface area contributed by atoms with E-state index in [9.17, 15) is 27.6 Å². The Labute approximate surface area is 187 Å². The second-order valence-corrected chi connectivity index (χ2v) is 9.24. The van der Waals surface area contributed by atoms with Crippen LogP contribution >= 0.6 is 0 Å². The van der Waals surface area contributed by atoms with Gasteiger partial charge in [-0.15, -0.1) is 0 Å². The number of alkyl halides is 3. The van der Waals surface area contributed by atoms with Gasteiger partial charge in [0.2, 0.25) is 17.7 Å². The van der Waals surface area contributed by atoms with Crippen LogP contribution in [0.4, 0.5) is 24.5 Å². The van der Waals surface area contributed by atoms with Crippen molar-refractivity contribution in [3.8, 4) is 0 Å². The molecule has 170 valence electrons. The number of fused-ring (bicyclic) bond motifs is 7. The summed E-state index contributed by atoms with van der Waals surface area (Å²) in [5.41, 5.74) is -0.203. The van der Waals surface area contributed by atoms with Gasteiger partial charge in [-0.2, -0.15) is 13.2 Å². The van der Waals surface area contributed by atoms with Crippen LogP contribution in [-0.4, -0.2) is 35.2 Å². The van der Waals surface area contributed by atoms with Crippen molar-refractivity contribution >= 4 is 29.1 Å². The van der Waals surface area contributed by atoms with Crippen molar-refractivity contribution < 1.29 is 27.6 Å². The molecule has 2 aromatic rings. The average Bonchev–Trinajstić information content (AvgIpc) is 3.46. The van der Waals surface area contributed by atoms with Gasteiger partial charge in [0.05, 0.1) is 23.1 Å². The normalized spacial score (nSPS) is 30.7. The molecule has 33 heavy (non-hydrogen) atoms. The maximum Gasteiger partial charge on any atom is 0.416 e. The minimum absolute atomic E-state index is 0.114. The van der Waals surface area contributed by atoms with Gasteiger partial charge in [-0.05, 0) is 50.6 Å². The minimum Gasteiger partial charge on any atom is -0.324 e. The third-order valence-electron chi connectivity index (χ3n) is 7.58. The lowest BCUT2D eigenvalue weighted by atomic mass is 9.75. The lowest BCUT2D eigenvalue weighted by molar-refractivity contribution is -0.137. The molecule has 6 rings (SSSR count). The average molecular weight is 455 g/mol. The van der Waals surface area contributed by atoms with Gasteiger partial charge in [-0.1, -0.05) is 23.8 Å². The highest BCUT2D eigenvalue weighted by Gasteiger charge is 2.74. The van der Waals surface area contributed by atoms with Crippen LogP contribution in [-0.2, 0) is 26.1 Å². The summed E-state index contributed by atoms with van der Waals surface area (Å²) in [4.78, 5) is 43.8. The van der Waals surface area contributed by atoms with E-state index in [1.807, 2.05) is 24.0 Å². The van der Waals surface area contributed by atoms with Crippen molar-refractivity contribution in [1.29, 1.82) is 0 Å². The molecule has 0 saturated carbocycles. The van der Waals surface area contributed by atoms with Crippen LogP contribution in [0.3, 0.4) is 0 Å². The Kier molecular flexibility index (Phi) is 3.98. The third-order valence-corrected chi connectivity index (χ3v) is 7.58. The van der Waals surface area contributed by atoms with Crippen molar-refractivity contribution in [1.82, 2.24) is 4.90 Å². The van der Waals surface area contributed by atoms with Gasteiger partial charge in [0.15, 0.2) is 0 Å². The van der Waals surface area contributed by atoms with Crippen LogP contribution in [0.2, 0.25) is 0 Å². The predicted molar refractivity (Wildman–Crippen MR) is 112 cm³/mol. The zero-order chi connectivity index (χ0) is 23.3. The smallest absolute Gasteiger partial charge is 0.324 e. The van der Waals surface area contributed by atoms with Gasteiger partial charge in [0, 0.05) is 17.3 Å². The fraction of sp³-hybridized carbons (Fsp3) is 0.375. The molecule has 4 aliphatic rings. The van der Waals surface area contributed by atoms with E-state index in [2.05, 4.69) is 5.32 Å². The lowest BCUT2D eigenvalue weighted by Gasteiger charge is -2.36. The predicted octanol–water partition coefficient (Wildman–Crippen LogP) is 3.45. The maximum absolute atomic E-state index is 13.8. The van der Waals surface area contributed by atoms with Crippen molar-refractivity contribution in [2.75, 3.05) is 16.8 Å². The molecule has 1 spiro atoms. The van der Waals surface area contributed by atoms with Crippen molar-refractivity contribution in [3.05, 3.63) is 59.2 Å². The van der Waals surface area contributed by atoms with Gasteiger partial charge in [0.1, 0.15) is 5.54 Å². The molecule has 4 atom stereocenters. The number of halogens is 3. The Bertz CT molecular complexity index is 1240. The summed E-state index contributed by atoms with van der Waals surface area (Å²) in [6.07, 6.45) is -3.19. The fourth-order valence-electron chi connectivity index (χ4n) is 6.39. The molecular weight excluding hydrogens is 435 g/mol. The van der Waals surface area contributed by atoms with Crippen molar-refractivity contribution in [2.24, 2.45) is 11.8 Å². The summed E-state index contributed by atoms with van der Waals surface area (Å²) in [5, 5.41) is 2.89. The Balaban J connectivity index is 1.53. The number of nitrogens with zero attached hydrogens (tertiary/aromatic N) is 2. The van der Waals surface area contributed by atoms with Crippen LogP contribution in [0.1, 0.15) is 29.5 Å². The van der Waals surface area contributed by atoms with Crippen LogP contribution in [0.15, 0.2) is 42.5 Å².